The van der Waals surface area contributed by atoms with Gasteiger partial charge in [-0.05, 0) is 54.4 Å². The quantitative estimate of drug-likeness (QED) is 0.852. The van der Waals surface area contributed by atoms with Gasteiger partial charge in [0.25, 0.3) is 0 Å². The van der Waals surface area contributed by atoms with Gasteiger partial charge >= 0.3 is 0 Å². The highest BCUT2D eigenvalue weighted by molar-refractivity contribution is 9.10. The Labute approximate surface area is 141 Å². The molecule has 1 aliphatic rings. The SMILES string of the molecule is Cc1ccc(NC(=O)CN2CC(C)NC(C)C2)c(Br)c1.Cl. The molecule has 1 fully saturated rings. The molecule has 2 atom stereocenters. The molecule has 2 rings (SSSR count). The number of hydrogen-bond acceptors (Lipinski definition) is 3. The first-order valence-corrected chi connectivity index (χ1v) is 7.77. The minimum atomic E-state index is 0. The highest BCUT2D eigenvalue weighted by Gasteiger charge is 2.22. The lowest BCUT2D eigenvalue weighted by molar-refractivity contribution is -0.117. The maximum absolute atomic E-state index is 12.1. The molecule has 0 saturated carbocycles. The molecule has 0 aromatic heterocycles. The third kappa shape index (κ3) is 5.58. The van der Waals surface area contributed by atoms with Gasteiger partial charge in [-0.1, -0.05) is 6.07 Å². The van der Waals surface area contributed by atoms with Crippen LogP contribution in [0.15, 0.2) is 22.7 Å². The molecule has 6 heteroatoms. The van der Waals surface area contributed by atoms with Gasteiger partial charge in [-0.25, -0.2) is 0 Å². The van der Waals surface area contributed by atoms with Crippen LogP contribution in [0.25, 0.3) is 0 Å². The van der Waals surface area contributed by atoms with Crippen molar-refractivity contribution in [1.29, 1.82) is 0 Å². The van der Waals surface area contributed by atoms with Crippen molar-refractivity contribution in [2.45, 2.75) is 32.9 Å². The molecule has 4 nitrogen and oxygen atoms in total. The summed E-state index contributed by atoms with van der Waals surface area (Å²) in [7, 11) is 0. The van der Waals surface area contributed by atoms with Gasteiger partial charge in [-0.15, -0.1) is 12.4 Å². The van der Waals surface area contributed by atoms with Crippen LogP contribution < -0.4 is 10.6 Å². The monoisotopic (exact) mass is 375 g/mol. The Kier molecular flexibility index (Phi) is 7.13. The standard InChI is InChI=1S/C15H22BrN3O.ClH/c1-10-4-5-14(13(16)6-10)18-15(20)9-19-7-11(2)17-12(3)8-19;/h4-6,11-12,17H,7-9H2,1-3H3,(H,18,20);1H. The molecule has 1 aliphatic heterocycles. The van der Waals surface area contributed by atoms with Gasteiger partial charge in [0, 0.05) is 29.6 Å². The second-order valence-corrected chi connectivity index (χ2v) is 6.55. The van der Waals surface area contributed by atoms with E-state index in [1.807, 2.05) is 25.1 Å². The fourth-order valence-corrected chi connectivity index (χ4v) is 3.28. The van der Waals surface area contributed by atoms with Gasteiger partial charge in [0.05, 0.1) is 12.2 Å². The third-order valence-corrected chi connectivity index (χ3v) is 4.06. The molecule has 1 aromatic carbocycles. The molecule has 0 spiro atoms. The second kappa shape index (κ2) is 8.13. The smallest absolute Gasteiger partial charge is 0.238 e. The molecule has 0 radical (unpaired) electrons. The zero-order chi connectivity index (χ0) is 14.7. The summed E-state index contributed by atoms with van der Waals surface area (Å²) in [5.41, 5.74) is 2.00. The number of aryl methyl sites for hydroxylation is 1. The van der Waals surface area contributed by atoms with Crippen molar-refractivity contribution in [2.24, 2.45) is 0 Å². The van der Waals surface area contributed by atoms with Gasteiger partial charge in [-0.3, -0.25) is 9.69 Å². The highest BCUT2D eigenvalue weighted by atomic mass is 79.9. The van der Waals surface area contributed by atoms with Crippen LogP contribution in [-0.2, 0) is 4.79 Å². The van der Waals surface area contributed by atoms with Crippen molar-refractivity contribution < 1.29 is 4.79 Å². The number of rotatable bonds is 3. The fraction of sp³-hybridized carbons (Fsp3) is 0.533. The van der Waals surface area contributed by atoms with E-state index < -0.39 is 0 Å². The zero-order valence-electron chi connectivity index (χ0n) is 12.6. The van der Waals surface area contributed by atoms with Gasteiger partial charge in [0.2, 0.25) is 5.91 Å². The summed E-state index contributed by atoms with van der Waals surface area (Å²) in [5.74, 6) is 0.0378. The Bertz CT molecular complexity index is 488. The van der Waals surface area contributed by atoms with Crippen molar-refractivity contribution in [3.63, 3.8) is 0 Å². The number of hydrogen-bond donors (Lipinski definition) is 2. The van der Waals surface area contributed by atoms with Crippen molar-refractivity contribution in [2.75, 3.05) is 25.0 Å². The van der Waals surface area contributed by atoms with Gasteiger partial charge < -0.3 is 10.6 Å². The summed E-state index contributed by atoms with van der Waals surface area (Å²) in [5, 5.41) is 6.43. The van der Waals surface area contributed by atoms with E-state index in [0.717, 1.165) is 23.2 Å². The molecule has 1 heterocycles. The molecular formula is C15H23BrClN3O. The van der Waals surface area contributed by atoms with Gasteiger partial charge in [0.15, 0.2) is 0 Å². The lowest BCUT2D eigenvalue weighted by atomic mass is 10.1. The van der Waals surface area contributed by atoms with E-state index in [-0.39, 0.29) is 18.3 Å². The summed E-state index contributed by atoms with van der Waals surface area (Å²) in [4.78, 5) is 14.3. The largest absolute Gasteiger partial charge is 0.324 e. The summed E-state index contributed by atoms with van der Waals surface area (Å²) >= 11 is 3.48. The summed E-state index contributed by atoms with van der Waals surface area (Å²) in [6, 6.07) is 6.79. The maximum atomic E-state index is 12.1. The average Bonchev–Trinajstić information content (AvgIpc) is 2.31. The number of benzene rings is 1. The average molecular weight is 377 g/mol. The first-order chi connectivity index (χ1) is 9.44. The molecule has 1 aromatic rings. The molecule has 2 unspecified atom stereocenters. The Balaban J connectivity index is 0.00000220. The van der Waals surface area contributed by atoms with Crippen LogP contribution in [0.2, 0.25) is 0 Å². The number of carbonyl (C=O) groups is 1. The molecule has 2 N–H and O–H groups in total. The Morgan fingerprint density at radius 3 is 2.57 bits per heavy atom. The first-order valence-electron chi connectivity index (χ1n) is 6.98. The van der Waals surface area contributed by atoms with Crippen LogP contribution in [0.4, 0.5) is 5.69 Å². The van der Waals surface area contributed by atoms with Crippen LogP contribution in [0, 0.1) is 6.92 Å². The van der Waals surface area contributed by atoms with E-state index in [1.54, 1.807) is 0 Å². The number of halogens is 2. The highest BCUT2D eigenvalue weighted by Crippen LogP contribution is 2.23. The molecule has 0 bridgehead atoms. The lowest BCUT2D eigenvalue weighted by Gasteiger charge is -2.35. The molecule has 1 amide bonds. The molecule has 21 heavy (non-hydrogen) atoms. The molecule has 118 valence electrons. The Hall–Kier alpha value is -0.620. The predicted molar refractivity (Wildman–Crippen MR) is 93.3 cm³/mol. The van der Waals surface area contributed by atoms with Crippen molar-refractivity contribution in [1.82, 2.24) is 10.2 Å². The van der Waals surface area contributed by atoms with Crippen LogP contribution in [0.1, 0.15) is 19.4 Å². The summed E-state index contributed by atoms with van der Waals surface area (Å²) in [6.45, 7) is 8.59. The summed E-state index contributed by atoms with van der Waals surface area (Å²) < 4.78 is 0.924. The number of nitrogens with zero attached hydrogens (tertiary/aromatic N) is 1. The van der Waals surface area contributed by atoms with Crippen molar-refractivity contribution >= 4 is 39.9 Å². The number of nitrogens with one attached hydrogen (secondary N) is 2. The lowest BCUT2D eigenvalue weighted by Crippen LogP contribution is -2.55. The minimum Gasteiger partial charge on any atom is -0.324 e. The zero-order valence-corrected chi connectivity index (χ0v) is 15.1. The molecular weight excluding hydrogens is 354 g/mol. The second-order valence-electron chi connectivity index (χ2n) is 5.69. The molecule has 0 aliphatic carbocycles. The Morgan fingerprint density at radius 2 is 2.00 bits per heavy atom. The topological polar surface area (TPSA) is 44.4 Å². The number of amides is 1. The first kappa shape index (κ1) is 18.4. The predicted octanol–water partition coefficient (Wildman–Crippen LogP) is 2.80. The van der Waals surface area contributed by atoms with Crippen molar-refractivity contribution in [3.05, 3.63) is 28.2 Å². The van der Waals surface area contributed by atoms with Crippen LogP contribution in [0.5, 0.6) is 0 Å². The van der Waals surface area contributed by atoms with E-state index in [4.69, 9.17) is 0 Å². The number of piperazine rings is 1. The molecule has 1 saturated heterocycles. The minimum absolute atomic E-state index is 0. The van der Waals surface area contributed by atoms with Gasteiger partial charge in [-0.2, -0.15) is 0 Å². The Morgan fingerprint density at radius 1 is 1.38 bits per heavy atom. The maximum Gasteiger partial charge on any atom is 0.238 e. The van der Waals surface area contributed by atoms with Crippen LogP contribution in [-0.4, -0.2) is 42.5 Å². The number of anilines is 1. The fourth-order valence-electron chi connectivity index (χ4n) is 2.68. The van der Waals surface area contributed by atoms with Gasteiger partial charge in [0.1, 0.15) is 0 Å². The van der Waals surface area contributed by atoms with Crippen LogP contribution in [0.3, 0.4) is 0 Å². The number of carbonyl (C=O) groups excluding carboxylic acids is 1. The van der Waals surface area contributed by atoms with E-state index >= 15 is 0 Å². The van der Waals surface area contributed by atoms with E-state index in [2.05, 4.69) is 45.3 Å². The normalized spacial score (nSPS) is 22.5. The van der Waals surface area contributed by atoms with Crippen molar-refractivity contribution in [3.8, 4) is 0 Å². The van der Waals surface area contributed by atoms with E-state index in [1.165, 1.54) is 5.56 Å². The van der Waals surface area contributed by atoms with E-state index in [0.29, 0.717) is 18.6 Å². The van der Waals surface area contributed by atoms with Crippen LogP contribution >= 0.6 is 28.3 Å². The summed E-state index contributed by atoms with van der Waals surface area (Å²) in [6.07, 6.45) is 0. The third-order valence-electron chi connectivity index (χ3n) is 3.40. The van der Waals surface area contributed by atoms with E-state index in [9.17, 15) is 4.79 Å².